The highest BCUT2D eigenvalue weighted by atomic mass is 32.1. The second-order valence-electron chi connectivity index (χ2n) is 3.36. The molecule has 3 nitrogen and oxygen atoms in total. The molecule has 0 aliphatic carbocycles. The molecule has 2 heterocycles. The van der Waals surface area contributed by atoms with E-state index in [1.54, 1.807) is 12.3 Å². The molecular weight excluding hydrogens is 222 g/mol. The van der Waals surface area contributed by atoms with Crippen molar-refractivity contribution in [3.8, 4) is 10.4 Å². The highest BCUT2D eigenvalue weighted by Gasteiger charge is 2.08. The van der Waals surface area contributed by atoms with Gasteiger partial charge in [0.2, 0.25) is 0 Å². The van der Waals surface area contributed by atoms with E-state index in [1.807, 2.05) is 30.3 Å². The molecule has 16 heavy (non-hydrogen) atoms. The van der Waals surface area contributed by atoms with Crippen molar-refractivity contribution in [2.24, 2.45) is 0 Å². The first-order chi connectivity index (χ1) is 7.84. The van der Waals surface area contributed by atoms with E-state index in [9.17, 15) is 4.79 Å². The minimum absolute atomic E-state index is 0.317. The topological polar surface area (TPSA) is 43.1 Å². The van der Waals surface area contributed by atoms with Gasteiger partial charge in [0, 0.05) is 11.6 Å². The summed E-state index contributed by atoms with van der Waals surface area (Å²) < 4.78 is 9.22. The van der Waals surface area contributed by atoms with Gasteiger partial charge >= 0.3 is 5.63 Å². The fourth-order valence-electron chi connectivity index (χ4n) is 1.59. The second-order valence-corrected chi connectivity index (χ2v) is 4.20. The molecule has 0 amide bonds. The zero-order valence-electron chi connectivity index (χ0n) is 8.21. The summed E-state index contributed by atoms with van der Waals surface area (Å²) in [5.41, 5.74) is 0.866. The van der Waals surface area contributed by atoms with E-state index < -0.39 is 0 Å². The van der Waals surface area contributed by atoms with Crippen molar-refractivity contribution in [2.75, 3.05) is 0 Å². The number of benzene rings is 1. The number of hydrogen-bond acceptors (Lipinski definition) is 4. The molecule has 3 aromatic rings. The van der Waals surface area contributed by atoms with E-state index in [0.29, 0.717) is 11.1 Å². The van der Waals surface area contributed by atoms with Gasteiger partial charge in [-0.15, -0.1) is 0 Å². The van der Waals surface area contributed by atoms with Crippen molar-refractivity contribution < 1.29 is 4.42 Å². The number of aromatic nitrogens is 1. The summed E-state index contributed by atoms with van der Waals surface area (Å²) in [7, 11) is 0. The Balaban J connectivity index is 2.34. The van der Waals surface area contributed by atoms with Gasteiger partial charge in [-0.25, -0.2) is 9.17 Å². The van der Waals surface area contributed by atoms with Crippen LogP contribution in [0.2, 0.25) is 0 Å². The molecular formula is C12H7NO2S. The van der Waals surface area contributed by atoms with Gasteiger partial charge in [-0.05, 0) is 29.7 Å². The van der Waals surface area contributed by atoms with Crippen molar-refractivity contribution in [1.29, 1.82) is 0 Å². The van der Waals surface area contributed by atoms with Gasteiger partial charge in [-0.1, -0.05) is 18.2 Å². The first kappa shape index (κ1) is 9.30. The average Bonchev–Trinajstić information content (AvgIpc) is 2.81. The molecule has 4 heteroatoms. The van der Waals surface area contributed by atoms with Crippen LogP contribution in [0.25, 0.3) is 21.4 Å². The van der Waals surface area contributed by atoms with Crippen LogP contribution in [0.1, 0.15) is 0 Å². The molecule has 0 N–H and O–H groups in total. The maximum absolute atomic E-state index is 11.7. The van der Waals surface area contributed by atoms with Crippen LogP contribution >= 0.6 is 11.5 Å². The molecule has 1 aromatic carbocycles. The van der Waals surface area contributed by atoms with Crippen molar-refractivity contribution in [2.45, 2.75) is 0 Å². The predicted octanol–water partition coefficient (Wildman–Crippen LogP) is 2.92. The van der Waals surface area contributed by atoms with Gasteiger partial charge < -0.3 is 4.42 Å². The Kier molecular flexibility index (Phi) is 2.08. The van der Waals surface area contributed by atoms with E-state index in [4.69, 9.17) is 4.42 Å². The summed E-state index contributed by atoms with van der Waals surface area (Å²) in [4.78, 5) is 12.6. The quantitative estimate of drug-likeness (QED) is 0.602. The van der Waals surface area contributed by atoms with Crippen LogP contribution in [0.15, 0.2) is 51.8 Å². The van der Waals surface area contributed by atoms with E-state index in [2.05, 4.69) is 4.37 Å². The molecule has 3 rings (SSSR count). The zero-order valence-corrected chi connectivity index (χ0v) is 9.03. The van der Waals surface area contributed by atoms with Crippen LogP contribution in [0.5, 0.6) is 0 Å². The van der Waals surface area contributed by atoms with Crippen LogP contribution in [0, 0.1) is 0 Å². The molecule has 2 aromatic heterocycles. The van der Waals surface area contributed by atoms with E-state index >= 15 is 0 Å². The van der Waals surface area contributed by atoms with Gasteiger partial charge in [-0.3, -0.25) is 0 Å². The molecule has 0 saturated carbocycles. The Hall–Kier alpha value is -1.94. The Bertz CT molecular complexity index is 686. The molecule has 0 unspecified atom stereocenters. The third kappa shape index (κ3) is 1.44. The maximum Gasteiger partial charge on any atom is 0.345 e. The van der Waals surface area contributed by atoms with Crippen LogP contribution in [-0.4, -0.2) is 4.37 Å². The summed E-state index contributed by atoms with van der Waals surface area (Å²) in [6.07, 6.45) is 1.68. The van der Waals surface area contributed by atoms with Crippen molar-refractivity contribution in [3.05, 3.63) is 53.0 Å². The molecule has 78 valence electrons. The fourth-order valence-corrected chi connectivity index (χ4v) is 2.19. The average molecular weight is 229 g/mol. The molecule has 0 aliphatic heterocycles. The molecule has 0 atom stereocenters. The van der Waals surface area contributed by atoms with Crippen LogP contribution in [0.4, 0.5) is 0 Å². The first-order valence-corrected chi connectivity index (χ1v) is 5.56. The Morgan fingerprint density at radius 3 is 2.88 bits per heavy atom. The Morgan fingerprint density at radius 1 is 1.19 bits per heavy atom. The standard InChI is InChI=1S/C12H7NO2S/c14-12-9(11-5-6-13-16-11)7-8-3-1-2-4-10(8)15-12/h1-7H. The zero-order chi connectivity index (χ0) is 11.0. The number of rotatable bonds is 1. The highest BCUT2D eigenvalue weighted by molar-refractivity contribution is 7.09. The second kappa shape index (κ2) is 3.57. The summed E-state index contributed by atoms with van der Waals surface area (Å²) in [6, 6.07) is 11.1. The summed E-state index contributed by atoms with van der Waals surface area (Å²) >= 11 is 1.29. The normalized spacial score (nSPS) is 10.8. The van der Waals surface area contributed by atoms with Gasteiger partial charge in [-0.2, -0.15) is 0 Å². The largest absolute Gasteiger partial charge is 0.422 e. The summed E-state index contributed by atoms with van der Waals surface area (Å²) in [6.45, 7) is 0. The lowest BCUT2D eigenvalue weighted by molar-refractivity contribution is 0.564. The van der Waals surface area contributed by atoms with Gasteiger partial charge in [0.15, 0.2) is 0 Å². The molecule has 0 spiro atoms. The fraction of sp³-hybridized carbons (Fsp3) is 0. The highest BCUT2D eigenvalue weighted by Crippen LogP contribution is 2.22. The molecule has 0 fully saturated rings. The van der Waals surface area contributed by atoms with Gasteiger partial charge in [0.1, 0.15) is 5.58 Å². The first-order valence-electron chi connectivity index (χ1n) is 4.78. The van der Waals surface area contributed by atoms with E-state index in [0.717, 1.165) is 10.3 Å². The third-order valence-corrected chi connectivity index (χ3v) is 3.12. The van der Waals surface area contributed by atoms with Crippen LogP contribution < -0.4 is 5.63 Å². The smallest absolute Gasteiger partial charge is 0.345 e. The summed E-state index contributed by atoms with van der Waals surface area (Å²) in [5, 5.41) is 0.922. The lowest BCUT2D eigenvalue weighted by Crippen LogP contribution is -2.01. The maximum atomic E-state index is 11.7. The monoisotopic (exact) mass is 229 g/mol. The minimum atomic E-state index is -0.317. The van der Waals surface area contributed by atoms with Gasteiger partial charge in [0.05, 0.1) is 10.4 Å². The molecule has 0 radical (unpaired) electrons. The van der Waals surface area contributed by atoms with Crippen LogP contribution in [0.3, 0.4) is 0 Å². The molecule has 0 bridgehead atoms. The van der Waals surface area contributed by atoms with E-state index in [1.165, 1.54) is 11.5 Å². The van der Waals surface area contributed by atoms with E-state index in [-0.39, 0.29) is 5.63 Å². The number of para-hydroxylation sites is 1. The Morgan fingerprint density at radius 2 is 2.06 bits per heavy atom. The molecule has 0 saturated heterocycles. The van der Waals surface area contributed by atoms with Gasteiger partial charge in [0.25, 0.3) is 0 Å². The molecule has 0 aliphatic rings. The van der Waals surface area contributed by atoms with Crippen molar-refractivity contribution in [3.63, 3.8) is 0 Å². The van der Waals surface area contributed by atoms with Crippen LogP contribution in [-0.2, 0) is 0 Å². The predicted molar refractivity (Wildman–Crippen MR) is 63.6 cm³/mol. The minimum Gasteiger partial charge on any atom is -0.422 e. The SMILES string of the molecule is O=c1oc2ccccc2cc1-c1ccns1. The summed E-state index contributed by atoms with van der Waals surface area (Å²) in [5.74, 6) is 0. The number of nitrogens with zero attached hydrogens (tertiary/aromatic N) is 1. The number of hydrogen-bond donors (Lipinski definition) is 0. The lowest BCUT2D eigenvalue weighted by atomic mass is 10.1. The Labute approximate surface area is 95.1 Å². The third-order valence-electron chi connectivity index (χ3n) is 2.34. The lowest BCUT2D eigenvalue weighted by Gasteiger charge is -1.98. The van der Waals surface area contributed by atoms with Crippen molar-refractivity contribution in [1.82, 2.24) is 4.37 Å². The number of fused-ring (bicyclic) bond motifs is 1. The van der Waals surface area contributed by atoms with Crippen molar-refractivity contribution >= 4 is 22.5 Å².